The Kier molecular flexibility index (Phi) is 6.71. The number of aromatic carboxylic acids is 1. The van der Waals surface area contributed by atoms with E-state index in [0.717, 1.165) is 11.1 Å². The molecule has 0 atom stereocenters. The maximum absolute atomic E-state index is 12.2. The highest BCUT2D eigenvalue weighted by atomic mass is 16.4. The minimum absolute atomic E-state index is 0.0563. The van der Waals surface area contributed by atoms with Crippen molar-refractivity contribution in [2.24, 2.45) is 0 Å². The predicted octanol–water partition coefficient (Wildman–Crippen LogP) is 3.40. The van der Waals surface area contributed by atoms with Gasteiger partial charge in [0, 0.05) is 23.7 Å². The monoisotopic (exact) mass is 368 g/mol. The molecular formula is C21H24N2O4. The average Bonchev–Trinajstić information content (AvgIpc) is 2.59. The third-order valence-corrected chi connectivity index (χ3v) is 4.02. The van der Waals surface area contributed by atoms with E-state index in [1.165, 1.54) is 12.1 Å². The van der Waals surface area contributed by atoms with Crippen LogP contribution >= 0.6 is 0 Å². The number of benzene rings is 2. The van der Waals surface area contributed by atoms with Crippen molar-refractivity contribution in [3.05, 3.63) is 64.7 Å². The maximum Gasteiger partial charge on any atom is 0.335 e. The first-order chi connectivity index (χ1) is 12.8. The zero-order chi connectivity index (χ0) is 20.0. The molecule has 0 bridgehead atoms. The van der Waals surface area contributed by atoms with E-state index in [4.69, 9.17) is 5.11 Å². The van der Waals surface area contributed by atoms with Gasteiger partial charge in [0.25, 0.3) is 5.91 Å². The molecule has 0 aliphatic carbocycles. The number of hydrogen-bond acceptors (Lipinski definition) is 3. The van der Waals surface area contributed by atoms with E-state index >= 15 is 0 Å². The van der Waals surface area contributed by atoms with E-state index in [0.29, 0.717) is 17.7 Å². The number of nitrogens with one attached hydrogen (secondary N) is 2. The number of rotatable bonds is 7. The van der Waals surface area contributed by atoms with Gasteiger partial charge in [-0.25, -0.2) is 4.79 Å². The lowest BCUT2D eigenvalue weighted by molar-refractivity contribution is -0.116. The van der Waals surface area contributed by atoms with Crippen LogP contribution in [0.25, 0.3) is 0 Å². The van der Waals surface area contributed by atoms with E-state index in [9.17, 15) is 14.4 Å². The van der Waals surface area contributed by atoms with Crippen molar-refractivity contribution in [2.45, 2.75) is 39.7 Å². The van der Waals surface area contributed by atoms with E-state index < -0.39 is 5.97 Å². The number of carboxylic acid groups (broad SMARTS) is 1. The Bertz CT molecular complexity index is 842. The zero-order valence-corrected chi connectivity index (χ0v) is 15.7. The molecule has 2 rings (SSSR count). The Morgan fingerprint density at radius 3 is 2.26 bits per heavy atom. The number of aryl methyl sites for hydroxylation is 2. The summed E-state index contributed by atoms with van der Waals surface area (Å²) in [5.74, 6) is -1.25. The van der Waals surface area contributed by atoms with Gasteiger partial charge >= 0.3 is 5.97 Å². The lowest BCUT2D eigenvalue weighted by atomic mass is 10.1. The Hall–Kier alpha value is -3.15. The van der Waals surface area contributed by atoms with Crippen LogP contribution in [0.5, 0.6) is 0 Å². The van der Waals surface area contributed by atoms with Gasteiger partial charge in [-0.3, -0.25) is 9.59 Å². The molecule has 2 amide bonds. The molecule has 0 aliphatic heterocycles. The molecule has 2 aromatic carbocycles. The van der Waals surface area contributed by atoms with Gasteiger partial charge in [0.1, 0.15) is 0 Å². The van der Waals surface area contributed by atoms with Gasteiger partial charge in [0.15, 0.2) is 0 Å². The first-order valence-corrected chi connectivity index (χ1v) is 8.80. The molecule has 0 saturated carbocycles. The first-order valence-electron chi connectivity index (χ1n) is 8.80. The largest absolute Gasteiger partial charge is 0.478 e. The lowest BCUT2D eigenvalue weighted by Gasteiger charge is -2.12. The van der Waals surface area contributed by atoms with Crippen LogP contribution in [0.1, 0.15) is 52.1 Å². The molecule has 0 heterocycles. The smallest absolute Gasteiger partial charge is 0.335 e. The van der Waals surface area contributed by atoms with Crippen LogP contribution in [-0.2, 0) is 11.2 Å². The van der Waals surface area contributed by atoms with Gasteiger partial charge in [-0.1, -0.05) is 12.1 Å². The van der Waals surface area contributed by atoms with Gasteiger partial charge < -0.3 is 15.7 Å². The molecule has 142 valence electrons. The van der Waals surface area contributed by atoms with Crippen molar-refractivity contribution < 1.29 is 19.5 Å². The number of carbonyl (C=O) groups is 3. The van der Waals surface area contributed by atoms with Crippen LogP contribution in [0, 0.1) is 6.92 Å². The standard InChI is InChI=1S/C21H24N2O4/c1-13(2)22-20(25)18-10-9-17(12-14(18)3)23-19(24)11-6-15-4-7-16(8-5-15)21(26)27/h4-5,7-10,12-13H,6,11H2,1-3H3,(H,22,25)(H,23,24)(H,26,27). The SMILES string of the molecule is Cc1cc(NC(=O)CCc2ccc(C(=O)O)cc2)ccc1C(=O)NC(C)C. The third-order valence-electron chi connectivity index (χ3n) is 4.02. The topological polar surface area (TPSA) is 95.5 Å². The maximum atomic E-state index is 12.2. The molecule has 6 heteroatoms. The number of amides is 2. The van der Waals surface area contributed by atoms with Crippen LogP contribution in [-0.4, -0.2) is 28.9 Å². The molecule has 3 N–H and O–H groups in total. The summed E-state index contributed by atoms with van der Waals surface area (Å²) >= 11 is 0. The van der Waals surface area contributed by atoms with Crippen molar-refractivity contribution in [1.29, 1.82) is 0 Å². The highest BCUT2D eigenvalue weighted by Gasteiger charge is 2.11. The molecule has 0 unspecified atom stereocenters. The summed E-state index contributed by atoms with van der Waals surface area (Å²) in [4.78, 5) is 35.1. The van der Waals surface area contributed by atoms with E-state index in [1.54, 1.807) is 30.3 Å². The van der Waals surface area contributed by atoms with Crippen LogP contribution in [0.15, 0.2) is 42.5 Å². The second-order valence-electron chi connectivity index (χ2n) is 6.71. The van der Waals surface area contributed by atoms with Crippen LogP contribution in [0.2, 0.25) is 0 Å². The molecule has 0 aliphatic rings. The normalized spacial score (nSPS) is 10.5. The van der Waals surface area contributed by atoms with Crippen molar-refractivity contribution in [1.82, 2.24) is 5.32 Å². The van der Waals surface area contributed by atoms with E-state index in [1.807, 2.05) is 20.8 Å². The average molecular weight is 368 g/mol. The Morgan fingerprint density at radius 1 is 1.04 bits per heavy atom. The van der Waals surface area contributed by atoms with Crippen LogP contribution in [0.4, 0.5) is 5.69 Å². The van der Waals surface area contributed by atoms with E-state index in [2.05, 4.69) is 10.6 Å². The quantitative estimate of drug-likeness (QED) is 0.698. The van der Waals surface area contributed by atoms with Crippen molar-refractivity contribution in [3.63, 3.8) is 0 Å². The van der Waals surface area contributed by atoms with Gasteiger partial charge in [-0.05, 0) is 68.7 Å². The summed E-state index contributed by atoms with van der Waals surface area (Å²) in [6, 6.07) is 11.7. The highest BCUT2D eigenvalue weighted by Crippen LogP contribution is 2.16. The first kappa shape index (κ1) is 20.2. The molecule has 0 radical (unpaired) electrons. The molecule has 0 aromatic heterocycles. The van der Waals surface area contributed by atoms with Crippen LogP contribution in [0.3, 0.4) is 0 Å². The number of carbonyl (C=O) groups excluding carboxylic acids is 2. The second-order valence-corrected chi connectivity index (χ2v) is 6.71. The second kappa shape index (κ2) is 8.98. The summed E-state index contributed by atoms with van der Waals surface area (Å²) in [5.41, 5.74) is 3.13. The van der Waals surface area contributed by atoms with Crippen molar-refractivity contribution in [2.75, 3.05) is 5.32 Å². The molecule has 6 nitrogen and oxygen atoms in total. The fourth-order valence-electron chi connectivity index (χ4n) is 2.63. The minimum atomic E-state index is -0.972. The number of carboxylic acids is 1. The Morgan fingerprint density at radius 2 is 1.70 bits per heavy atom. The summed E-state index contributed by atoms with van der Waals surface area (Å²) in [5, 5.41) is 14.6. The van der Waals surface area contributed by atoms with Gasteiger partial charge in [-0.15, -0.1) is 0 Å². The summed E-state index contributed by atoms with van der Waals surface area (Å²) < 4.78 is 0. The summed E-state index contributed by atoms with van der Waals surface area (Å²) in [7, 11) is 0. The molecule has 0 saturated heterocycles. The molecule has 2 aromatic rings. The van der Waals surface area contributed by atoms with Gasteiger partial charge in [0.2, 0.25) is 5.91 Å². The number of hydrogen-bond donors (Lipinski definition) is 3. The predicted molar refractivity (Wildman–Crippen MR) is 104 cm³/mol. The third kappa shape index (κ3) is 5.95. The fourth-order valence-corrected chi connectivity index (χ4v) is 2.63. The fraction of sp³-hybridized carbons (Fsp3) is 0.286. The Balaban J connectivity index is 1.92. The van der Waals surface area contributed by atoms with Gasteiger partial charge in [0.05, 0.1) is 5.56 Å². The zero-order valence-electron chi connectivity index (χ0n) is 15.7. The Labute approximate surface area is 158 Å². The number of anilines is 1. The van der Waals surface area contributed by atoms with Crippen molar-refractivity contribution in [3.8, 4) is 0 Å². The van der Waals surface area contributed by atoms with E-state index in [-0.39, 0.29) is 29.8 Å². The molecule has 27 heavy (non-hydrogen) atoms. The lowest BCUT2D eigenvalue weighted by Crippen LogP contribution is -2.30. The van der Waals surface area contributed by atoms with Crippen LogP contribution < -0.4 is 10.6 Å². The summed E-state index contributed by atoms with van der Waals surface area (Å²) in [6.45, 7) is 5.63. The molecule has 0 fully saturated rings. The summed E-state index contributed by atoms with van der Waals surface area (Å²) in [6.07, 6.45) is 0.792. The molecule has 0 spiro atoms. The van der Waals surface area contributed by atoms with Crippen molar-refractivity contribution >= 4 is 23.5 Å². The van der Waals surface area contributed by atoms with Gasteiger partial charge in [-0.2, -0.15) is 0 Å². The minimum Gasteiger partial charge on any atom is -0.478 e. The molecular weight excluding hydrogens is 344 g/mol. The highest BCUT2D eigenvalue weighted by molar-refractivity contribution is 5.97.